The molecule has 3 aromatic rings. The smallest absolute Gasteiger partial charge is 0.289 e. The van der Waals surface area contributed by atoms with E-state index in [1.54, 1.807) is 7.11 Å². The maximum atomic E-state index is 13.3. The average Bonchev–Trinajstić information content (AvgIpc) is 3.02. The van der Waals surface area contributed by atoms with Gasteiger partial charge in [-0.3, -0.25) is 5.73 Å². The van der Waals surface area contributed by atoms with E-state index in [0.717, 1.165) is 60.1 Å². The number of benzene rings is 2. The topological polar surface area (TPSA) is 82.4 Å². The summed E-state index contributed by atoms with van der Waals surface area (Å²) in [7, 11) is 1.59. The summed E-state index contributed by atoms with van der Waals surface area (Å²) in [5.41, 5.74) is 11.4. The lowest BCUT2D eigenvalue weighted by Gasteiger charge is -2.16. The van der Waals surface area contributed by atoms with Crippen molar-refractivity contribution >= 4 is 17.4 Å². The second kappa shape index (κ2) is 9.46. The number of aryl methyl sites for hydroxylation is 1. The fraction of sp³-hybridized carbons (Fsp3) is 0.280. The molecule has 0 bridgehead atoms. The molecule has 1 aliphatic carbocycles. The zero-order chi connectivity index (χ0) is 22.7. The molecular formula is C25H24ClFN3O2+. The van der Waals surface area contributed by atoms with Crippen molar-refractivity contribution < 1.29 is 18.8 Å². The SMILES string of the molecule is COc1ccc(-c2c(C#N)c(N)[nH+]c3c2CCCCC3)cc1COc1ccc(F)cc1Cl. The summed E-state index contributed by atoms with van der Waals surface area (Å²) >= 11 is 6.10. The molecule has 0 aliphatic heterocycles. The molecule has 0 fully saturated rings. The molecule has 0 spiro atoms. The molecule has 1 aromatic heterocycles. The minimum Gasteiger partial charge on any atom is -0.496 e. The molecule has 32 heavy (non-hydrogen) atoms. The molecule has 3 N–H and O–H groups in total. The van der Waals surface area contributed by atoms with Crippen LogP contribution in [0.1, 0.15) is 41.6 Å². The highest BCUT2D eigenvalue weighted by molar-refractivity contribution is 6.32. The summed E-state index contributed by atoms with van der Waals surface area (Å²) < 4.78 is 24.7. The Morgan fingerprint density at radius 2 is 1.91 bits per heavy atom. The highest BCUT2D eigenvalue weighted by Crippen LogP contribution is 2.36. The van der Waals surface area contributed by atoms with Crippen molar-refractivity contribution in [2.45, 2.75) is 38.7 Å². The number of hydrogen-bond donors (Lipinski definition) is 1. The fourth-order valence-electron chi connectivity index (χ4n) is 4.24. The lowest BCUT2D eigenvalue weighted by atomic mass is 9.91. The molecule has 0 unspecified atom stereocenters. The third kappa shape index (κ3) is 4.35. The molecule has 1 heterocycles. The van der Waals surface area contributed by atoms with E-state index < -0.39 is 5.82 Å². The van der Waals surface area contributed by atoms with Gasteiger partial charge in [-0.25, -0.2) is 9.37 Å². The summed E-state index contributed by atoms with van der Waals surface area (Å²) in [4.78, 5) is 3.25. The van der Waals surface area contributed by atoms with Crippen LogP contribution in [-0.2, 0) is 19.4 Å². The van der Waals surface area contributed by atoms with Crippen LogP contribution in [-0.4, -0.2) is 7.11 Å². The molecule has 1 aliphatic rings. The molecule has 7 heteroatoms. The molecule has 0 saturated carbocycles. The van der Waals surface area contributed by atoms with Crippen molar-refractivity contribution in [3.63, 3.8) is 0 Å². The van der Waals surface area contributed by atoms with Crippen molar-refractivity contribution in [3.8, 4) is 28.7 Å². The summed E-state index contributed by atoms with van der Waals surface area (Å²) in [6.07, 6.45) is 5.10. The van der Waals surface area contributed by atoms with Gasteiger partial charge < -0.3 is 9.47 Å². The molecule has 4 rings (SSSR count). The van der Waals surface area contributed by atoms with E-state index >= 15 is 0 Å². The molecule has 5 nitrogen and oxygen atoms in total. The first kappa shape index (κ1) is 21.9. The normalized spacial score (nSPS) is 13.1. The Hall–Kier alpha value is -3.30. The summed E-state index contributed by atoms with van der Waals surface area (Å²) in [5, 5.41) is 10.1. The largest absolute Gasteiger partial charge is 0.496 e. The van der Waals surface area contributed by atoms with Crippen LogP contribution in [0, 0.1) is 17.1 Å². The summed E-state index contributed by atoms with van der Waals surface area (Å²) in [6, 6.07) is 12.0. The van der Waals surface area contributed by atoms with E-state index in [9.17, 15) is 9.65 Å². The minimum absolute atomic E-state index is 0.168. The number of aromatic nitrogens is 1. The molecule has 0 atom stereocenters. The first-order valence-electron chi connectivity index (χ1n) is 10.5. The maximum Gasteiger partial charge on any atom is 0.289 e. The molecular weight excluding hydrogens is 429 g/mol. The second-order valence-electron chi connectivity index (χ2n) is 7.81. The lowest BCUT2D eigenvalue weighted by Crippen LogP contribution is -2.22. The number of H-pyrrole nitrogens is 1. The quantitative estimate of drug-likeness (QED) is 0.534. The molecule has 0 amide bonds. The van der Waals surface area contributed by atoms with Crippen LogP contribution in [0.5, 0.6) is 11.5 Å². The van der Waals surface area contributed by atoms with E-state index in [-0.39, 0.29) is 11.6 Å². The number of pyridine rings is 1. The van der Waals surface area contributed by atoms with Gasteiger partial charge in [0.2, 0.25) is 0 Å². The third-order valence-electron chi connectivity index (χ3n) is 5.78. The number of halogens is 2. The number of anilines is 1. The standard InChI is InChI=1S/C25H23ClFN3O2/c1-31-22-9-7-15(11-16(22)14-32-23-10-8-17(27)12-20(23)26)24-18-5-3-2-4-6-21(18)30-25(29)19(24)13-28/h7-12H,2-6,14H2,1H3,(H2,29,30)/p+1. The van der Waals surface area contributed by atoms with E-state index in [4.69, 9.17) is 26.8 Å². The van der Waals surface area contributed by atoms with Gasteiger partial charge in [-0.05, 0) is 55.2 Å². The monoisotopic (exact) mass is 452 g/mol. The van der Waals surface area contributed by atoms with Crippen LogP contribution in [0.3, 0.4) is 0 Å². The Kier molecular flexibility index (Phi) is 6.48. The van der Waals surface area contributed by atoms with Gasteiger partial charge >= 0.3 is 0 Å². The van der Waals surface area contributed by atoms with Gasteiger partial charge in [0.05, 0.1) is 12.1 Å². The number of nitrogens with two attached hydrogens (primary N) is 1. The third-order valence-corrected chi connectivity index (χ3v) is 6.08. The second-order valence-corrected chi connectivity index (χ2v) is 8.22. The molecule has 0 radical (unpaired) electrons. The van der Waals surface area contributed by atoms with Crippen LogP contribution >= 0.6 is 11.6 Å². The van der Waals surface area contributed by atoms with Gasteiger partial charge in [-0.2, -0.15) is 5.26 Å². The number of nitrogens with zero attached hydrogens (tertiary/aromatic N) is 1. The first-order valence-corrected chi connectivity index (χ1v) is 10.9. The van der Waals surface area contributed by atoms with Crippen molar-refractivity contribution in [2.75, 3.05) is 12.8 Å². The van der Waals surface area contributed by atoms with Gasteiger partial charge in [0.25, 0.3) is 5.82 Å². The molecule has 2 aromatic carbocycles. The van der Waals surface area contributed by atoms with Crippen LogP contribution in [0.2, 0.25) is 5.02 Å². The number of nitriles is 1. The Morgan fingerprint density at radius 3 is 2.66 bits per heavy atom. The van der Waals surface area contributed by atoms with Crippen LogP contribution in [0.4, 0.5) is 10.2 Å². The number of ether oxygens (including phenoxy) is 2. The van der Waals surface area contributed by atoms with E-state index in [2.05, 4.69) is 11.1 Å². The van der Waals surface area contributed by atoms with Gasteiger partial charge in [-0.15, -0.1) is 0 Å². The highest BCUT2D eigenvalue weighted by Gasteiger charge is 2.24. The summed E-state index contributed by atoms with van der Waals surface area (Å²) in [6.45, 7) is 0.168. The van der Waals surface area contributed by atoms with Crippen LogP contribution in [0.15, 0.2) is 36.4 Å². The number of rotatable bonds is 5. The van der Waals surface area contributed by atoms with Crippen molar-refractivity contribution in [2.24, 2.45) is 0 Å². The van der Waals surface area contributed by atoms with Gasteiger partial charge in [0, 0.05) is 23.1 Å². The summed E-state index contributed by atoms with van der Waals surface area (Å²) in [5.74, 6) is 0.984. The first-order chi connectivity index (χ1) is 15.5. The fourth-order valence-corrected chi connectivity index (χ4v) is 4.46. The number of nitrogen functional groups attached to an aromatic ring is 1. The van der Waals surface area contributed by atoms with Crippen LogP contribution in [0.25, 0.3) is 11.1 Å². The number of fused-ring (bicyclic) bond motifs is 1. The number of hydrogen-bond acceptors (Lipinski definition) is 4. The van der Waals surface area contributed by atoms with Crippen molar-refractivity contribution in [3.05, 3.63) is 69.6 Å². The van der Waals surface area contributed by atoms with Crippen LogP contribution < -0.4 is 20.2 Å². The average molecular weight is 453 g/mol. The Balaban J connectivity index is 1.77. The lowest BCUT2D eigenvalue weighted by molar-refractivity contribution is -0.373. The minimum atomic E-state index is -0.426. The predicted octanol–water partition coefficient (Wildman–Crippen LogP) is 5.27. The van der Waals surface area contributed by atoms with E-state index in [0.29, 0.717) is 22.9 Å². The number of aromatic amines is 1. The zero-order valence-electron chi connectivity index (χ0n) is 17.8. The zero-order valence-corrected chi connectivity index (χ0v) is 18.6. The molecule has 0 saturated heterocycles. The van der Waals surface area contributed by atoms with Gasteiger partial charge in [-0.1, -0.05) is 24.1 Å². The Morgan fingerprint density at radius 1 is 1.12 bits per heavy atom. The highest BCUT2D eigenvalue weighted by atomic mass is 35.5. The van der Waals surface area contributed by atoms with E-state index in [1.165, 1.54) is 18.2 Å². The number of methoxy groups -OCH3 is 1. The van der Waals surface area contributed by atoms with Gasteiger partial charge in [0.1, 0.15) is 41.2 Å². The maximum absolute atomic E-state index is 13.3. The Labute approximate surface area is 191 Å². The predicted molar refractivity (Wildman–Crippen MR) is 121 cm³/mol. The van der Waals surface area contributed by atoms with Crippen molar-refractivity contribution in [1.82, 2.24) is 0 Å². The van der Waals surface area contributed by atoms with Crippen molar-refractivity contribution in [1.29, 1.82) is 5.26 Å². The van der Waals surface area contributed by atoms with Gasteiger partial charge in [0.15, 0.2) is 0 Å². The molecule has 164 valence electrons. The van der Waals surface area contributed by atoms with E-state index in [1.807, 2.05) is 18.2 Å². The Bertz CT molecular complexity index is 1210. The number of nitrogens with one attached hydrogen (secondary N) is 1.